The van der Waals surface area contributed by atoms with Gasteiger partial charge < -0.3 is 20.2 Å². The van der Waals surface area contributed by atoms with E-state index in [1.165, 1.54) is 6.07 Å². The Balaban J connectivity index is 1.77. The van der Waals surface area contributed by atoms with Gasteiger partial charge in [0.15, 0.2) is 18.2 Å². The number of aromatic nitrogens is 1. The van der Waals surface area contributed by atoms with Crippen molar-refractivity contribution >= 4 is 23.2 Å². The summed E-state index contributed by atoms with van der Waals surface area (Å²) in [7, 11) is 0. The minimum Gasteiger partial charge on any atom is -0.493 e. The third-order valence-electron chi connectivity index (χ3n) is 3.49. The number of ether oxygens (including phenoxy) is 1. The molecule has 0 atom stereocenters. The highest BCUT2D eigenvalue weighted by atomic mass is 35.5. The summed E-state index contributed by atoms with van der Waals surface area (Å²) in [5.41, 5.74) is 7.40. The van der Waals surface area contributed by atoms with Crippen molar-refractivity contribution < 1.29 is 18.5 Å². The van der Waals surface area contributed by atoms with Gasteiger partial charge in [-0.1, -0.05) is 11.6 Å². The van der Waals surface area contributed by atoms with E-state index < -0.39 is 0 Å². The summed E-state index contributed by atoms with van der Waals surface area (Å²) in [5.74, 6) is 0.699. The van der Waals surface area contributed by atoms with E-state index in [1.54, 1.807) is 12.3 Å². The van der Waals surface area contributed by atoms with Gasteiger partial charge in [-0.05, 0) is 13.0 Å². The highest BCUT2D eigenvalue weighted by Crippen LogP contribution is 2.29. The molecule has 2 heterocycles. The Kier molecular flexibility index (Phi) is 4.57. The summed E-state index contributed by atoms with van der Waals surface area (Å²) in [6.07, 6.45) is 5.35. The number of nitrogen functional groups attached to an aromatic ring is 1. The maximum atomic E-state index is 12.5. The molecule has 0 radical (unpaired) electrons. The van der Waals surface area contributed by atoms with Crippen LogP contribution in [0.5, 0.6) is 5.75 Å². The lowest BCUT2D eigenvalue weighted by Crippen LogP contribution is -2.30. The molecule has 0 aliphatic carbocycles. The van der Waals surface area contributed by atoms with Crippen LogP contribution in [0.3, 0.4) is 0 Å². The van der Waals surface area contributed by atoms with E-state index in [4.69, 9.17) is 26.5 Å². The normalized spacial score (nSPS) is 10.8. The summed E-state index contributed by atoms with van der Waals surface area (Å²) in [4.78, 5) is 12.5. The molecule has 24 heavy (non-hydrogen) atoms. The van der Waals surface area contributed by atoms with Gasteiger partial charge in [-0.15, -0.1) is 0 Å². The van der Waals surface area contributed by atoms with Gasteiger partial charge in [-0.2, -0.15) is 4.57 Å². The van der Waals surface area contributed by atoms with E-state index in [0.29, 0.717) is 34.4 Å². The predicted molar refractivity (Wildman–Crippen MR) is 89.6 cm³/mol. The second-order valence-electron chi connectivity index (χ2n) is 5.16. The Labute approximate surface area is 144 Å². The number of rotatable bonds is 5. The van der Waals surface area contributed by atoms with Crippen LogP contribution in [0.4, 0.5) is 5.69 Å². The zero-order valence-corrected chi connectivity index (χ0v) is 13.8. The molecule has 1 amide bonds. The molecule has 6 nitrogen and oxygen atoms in total. The van der Waals surface area contributed by atoms with Crippen molar-refractivity contribution in [2.24, 2.45) is 0 Å². The molecule has 0 aromatic heterocycles. The summed E-state index contributed by atoms with van der Waals surface area (Å²) in [5, 5.41) is 3.10. The van der Waals surface area contributed by atoms with E-state index >= 15 is 0 Å². The molecule has 0 spiro atoms. The van der Waals surface area contributed by atoms with E-state index in [1.807, 2.05) is 36.0 Å². The number of carbonyl (C=O) groups excluding carboxylic acids is 1. The zero-order valence-electron chi connectivity index (χ0n) is 13.1. The van der Waals surface area contributed by atoms with Crippen LogP contribution in [-0.4, -0.2) is 12.5 Å². The molecule has 3 rings (SSSR count). The van der Waals surface area contributed by atoms with Crippen molar-refractivity contribution in [1.29, 1.82) is 0 Å². The molecule has 0 fully saturated rings. The van der Waals surface area contributed by atoms with Gasteiger partial charge in [-0.25, -0.2) is 0 Å². The summed E-state index contributed by atoms with van der Waals surface area (Å²) in [6, 6.07) is 6.90. The minimum atomic E-state index is -0.317. The Morgan fingerprint density at radius 3 is 3.08 bits per heavy atom. The van der Waals surface area contributed by atoms with Crippen molar-refractivity contribution in [3.63, 3.8) is 0 Å². The highest BCUT2D eigenvalue weighted by Gasteiger charge is 2.17. The van der Waals surface area contributed by atoms with Crippen LogP contribution < -0.4 is 20.4 Å². The number of amides is 1. The first kappa shape index (κ1) is 16.1. The first-order valence-corrected chi connectivity index (χ1v) is 7.83. The monoisotopic (exact) mass is 346 g/mol. The lowest BCUT2D eigenvalue weighted by molar-refractivity contribution is -0.595. The van der Waals surface area contributed by atoms with Gasteiger partial charge >= 0.3 is 0 Å². The number of nitrogens with two attached hydrogens (primary N) is 1. The Hall–Kier alpha value is -2.73. The average Bonchev–Trinajstić information content (AvgIpc) is 3.03. The second kappa shape index (κ2) is 6.80. The van der Waals surface area contributed by atoms with Gasteiger partial charge in [0.05, 0.1) is 29.4 Å². The largest absolute Gasteiger partial charge is 0.493 e. The SMILES string of the molecule is CCOc1cc(N)c(Cl)cc1C(=O)NCc1c[n+]2cccc-2co1. The van der Waals surface area contributed by atoms with Crippen LogP contribution in [0.15, 0.2) is 47.3 Å². The Morgan fingerprint density at radius 2 is 2.29 bits per heavy atom. The van der Waals surface area contributed by atoms with Gasteiger partial charge in [0.1, 0.15) is 5.75 Å². The van der Waals surface area contributed by atoms with Crippen LogP contribution in [0.2, 0.25) is 5.02 Å². The van der Waals surface area contributed by atoms with E-state index in [0.717, 1.165) is 5.69 Å². The number of hydrogen-bond acceptors (Lipinski definition) is 4. The van der Waals surface area contributed by atoms with Crippen molar-refractivity contribution in [3.05, 3.63) is 59.3 Å². The number of carbonyl (C=O) groups is 1. The molecule has 2 aliphatic rings. The average molecular weight is 347 g/mol. The maximum absolute atomic E-state index is 12.5. The van der Waals surface area contributed by atoms with Gasteiger partial charge in [-0.3, -0.25) is 4.79 Å². The molecular formula is C17H17ClN3O3+. The fraction of sp³-hybridized carbons (Fsp3) is 0.176. The number of nitrogens with zero attached hydrogens (tertiary/aromatic N) is 1. The van der Waals surface area contributed by atoms with E-state index in [9.17, 15) is 4.79 Å². The molecule has 0 bridgehead atoms. The molecule has 124 valence electrons. The van der Waals surface area contributed by atoms with Crippen LogP contribution >= 0.6 is 11.6 Å². The van der Waals surface area contributed by atoms with E-state index in [-0.39, 0.29) is 12.5 Å². The fourth-order valence-corrected chi connectivity index (χ4v) is 2.48. The van der Waals surface area contributed by atoms with Crippen molar-refractivity contribution in [3.8, 4) is 11.4 Å². The predicted octanol–water partition coefficient (Wildman–Crippen LogP) is 2.56. The van der Waals surface area contributed by atoms with Crippen molar-refractivity contribution in [2.75, 3.05) is 12.3 Å². The number of hydrogen-bond donors (Lipinski definition) is 2. The van der Waals surface area contributed by atoms with Crippen LogP contribution in [0.25, 0.3) is 5.69 Å². The fourth-order valence-electron chi connectivity index (χ4n) is 2.32. The van der Waals surface area contributed by atoms with E-state index in [2.05, 4.69) is 5.32 Å². The molecule has 1 aromatic carbocycles. The van der Waals surface area contributed by atoms with Gasteiger partial charge in [0.25, 0.3) is 5.91 Å². The molecule has 0 unspecified atom stereocenters. The summed E-state index contributed by atoms with van der Waals surface area (Å²) < 4.78 is 12.9. The van der Waals surface area contributed by atoms with Crippen molar-refractivity contribution in [1.82, 2.24) is 5.32 Å². The number of halogens is 1. The van der Waals surface area contributed by atoms with Crippen LogP contribution in [-0.2, 0) is 6.54 Å². The summed E-state index contributed by atoms with van der Waals surface area (Å²) >= 11 is 6.02. The number of fused-ring (bicyclic) bond motifs is 1. The summed E-state index contributed by atoms with van der Waals surface area (Å²) in [6.45, 7) is 2.49. The third-order valence-corrected chi connectivity index (χ3v) is 3.82. The Morgan fingerprint density at radius 1 is 1.46 bits per heavy atom. The number of benzene rings is 1. The highest BCUT2D eigenvalue weighted by molar-refractivity contribution is 6.33. The second-order valence-corrected chi connectivity index (χ2v) is 5.56. The third kappa shape index (κ3) is 3.28. The molecule has 0 saturated carbocycles. The number of anilines is 1. The molecule has 7 heteroatoms. The van der Waals surface area contributed by atoms with Crippen LogP contribution in [0.1, 0.15) is 23.0 Å². The smallest absolute Gasteiger partial charge is 0.255 e. The molecule has 0 saturated heterocycles. The van der Waals surface area contributed by atoms with Crippen molar-refractivity contribution in [2.45, 2.75) is 13.5 Å². The van der Waals surface area contributed by atoms with Crippen LogP contribution in [0, 0.1) is 0 Å². The molecular weight excluding hydrogens is 330 g/mol. The Bertz CT molecular complexity index is 847. The molecule has 3 N–H and O–H groups in total. The topological polar surface area (TPSA) is 81.4 Å². The first-order valence-electron chi connectivity index (χ1n) is 7.46. The standard InChI is InChI=1S/C17H16ClN3O3/c1-2-23-16-7-15(19)14(18)6-13(16)17(22)20-8-12-9-21-5-3-4-11(21)10-24-12/h3-7,9-10H,2,8H2,1H3,(H2-,19,20,22)/p+1. The number of nitrogens with one attached hydrogen (secondary N) is 1. The quantitative estimate of drug-likeness (QED) is 0.549. The first-order chi connectivity index (χ1) is 11.6. The minimum absolute atomic E-state index is 0.237. The lowest BCUT2D eigenvalue weighted by Gasteiger charge is -2.12. The molecule has 2 aliphatic heterocycles. The van der Waals surface area contributed by atoms with Gasteiger partial charge in [0.2, 0.25) is 11.9 Å². The zero-order chi connectivity index (χ0) is 17.1. The molecule has 1 aromatic rings. The maximum Gasteiger partial charge on any atom is 0.255 e. The lowest BCUT2D eigenvalue weighted by atomic mass is 10.1. The van der Waals surface area contributed by atoms with Gasteiger partial charge in [0, 0.05) is 18.2 Å².